The number of carbonyl (C=O) groups is 3. The molecule has 4 N–H and O–H groups in total. The van der Waals surface area contributed by atoms with Gasteiger partial charge in [-0.2, -0.15) is 0 Å². The number of hydrogen-bond acceptors (Lipinski definition) is 7. The van der Waals surface area contributed by atoms with Gasteiger partial charge in [0.15, 0.2) is 17.2 Å². The number of phenols is 1. The van der Waals surface area contributed by atoms with Gasteiger partial charge >= 0.3 is 0 Å². The van der Waals surface area contributed by atoms with Crippen molar-refractivity contribution in [1.82, 2.24) is 0 Å². The van der Waals surface area contributed by atoms with E-state index in [0.717, 1.165) is 43.7 Å². The van der Waals surface area contributed by atoms with Crippen LogP contribution in [0.3, 0.4) is 0 Å². The highest BCUT2D eigenvalue weighted by molar-refractivity contribution is 6.24. The molecule has 1 unspecified atom stereocenters. The van der Waals surface area contributed by atoms with E-state index in [4.69, 9.17) is 0 Å². The van der Waals surface area contributed by atoms with Crippen molar-refractivity contribution >= 4 is 23.1 Å². The highest BCUT2D eigenvalue weighted by Crippen LogP contribution is 2.65. The zero-order valence-electron chi connectivity index (χ0n) is 25.3. The van der Waals surface area contributed by atoms with Crippen LogP contribution in [0.15, 0.2) is 34.6 Å². The van der Waals surface area contributed by atoms with Crippen molar-refractivity contribution in [2.24, 2.45) is 22.7 Å². The largest absolute Gasteiger partial charge is 0.508 e. The maximum Gasteiger partial charge on any atom is 0.203 e. The number of aromatic hydroxyl groups is 1. The molecule has 4 atom stereocenters. The fourth-order valence-corrected chi connectivity index (χ4v) is 8.37. The van der Waals surface area contributed by atoms with Crippen molar-refractivity contribution in [1.29, 1.82) is 0 Å². The van der Waals surface area contributed by atoms with E-state index in [-0.39, 0.29) is 35.6 Å². The normalized spacial score (nSPS) is 30.8. The Balaban J connectivity index is 1.77. The molecule has 0 spiro atoms. The lowest BCUT2D eigenvalue weighted by Gasteiger charge is -2.59. The summed E-state index contributed by atoms with van der Waals surface area (Å²) in [6.07, 6.45) is 7.05. The van der Waals surface area contributed by atoms with Crippen LogP contribution in [0.1, 0.15) is 95.9 Å². The summed E-state index contributed by atoms with van der Waals surface area (Å²) in [6.45, 7) is 10.1. The zero-order chi connectivity index (χ0) is 30.9. The Kier molecular flexibility index (Phi) is 7.09. The third kappa shape index (κ3) is 3.95. The predicted octanol–water partition coefficient (Wildman–Crippen LogP) is 5.60. The molecule has 0 heterocycles. The molecular weight excluding hydrogens is 532 g/mol. The summed E-state index contributed by atoms with van der Waals surface area (Å²) >= 11 is 0. The first-order valence-electron chi connectivity index (χ1n) is 14.9. The van der Waals surface area contributed by atoms with Crippen molar-refractivity contribution in [3.63, 3.8) is 0 Å². The van der Waals surface area contributed by atoms with Crippen LogP contribution in [-0.4, -0.2) is 43.4 Å². The molecular formula is C35H40O7. The van der Waals surface area contributed by atoms with Gasteiger partial charge in [0.05, 0.1) is 11.1 Å². The fraction of sp³-hybridized carbons (Fsp3) is 0.514. The Morgan fingerprint density at radius 2 is 1.81 bits per heavy atom. The van der Waals surface area contributed by atoms with Gasteiger partial charge in [-0.25, -0.2) is 0 Å². The molecule has 0 aromatic heterocycles. The SMILES string of the molecule is CCc1cc(C#CC2=CCCCC2)c(O)c2c1C[C@]1(C)C[C@]3(C)C(C(C)C)C(=O)C(C(C)=O)=C(O)[C@]3(O)C(=O)C1=C2O. The van der Waals surface area contributed by atoms with Crippen LogP contribution in [0, 0.1) is 34.5 Å². The van der Waals surface area contributed by atoms with Crippen molar-refractivity contribution in [2.75, 3.05) is 0 Å². The Bertz CT molecular complexity index is 1590. The Labute approximate surface area is 247 Å². The highest BCUT2D eigenvalue weighted by Gasteiger charge is 2.72. The van der Waals surface area contributed by atoms with Crippen LogP contribution in [-0.2, 0) is 27.2 Å². The maximum absolute atomic E-state index is 14.5. The minimum absolute atomic E-state index is 0.0739. The van der Waals surface area contributed by atoms with E-state index in [2.05, 4.69) is 17.9 Å². The number of Topliss-reactive ketones (excluding diaryl/α,β-unsaturated/α-hetero) is 3. The van der Waals surface area contributed by atoms with E-state index in [9.17, 15) is 34.8 Å². The van der Waals surface area contributed by atoms with Gasteiger partial charge < -0.3 is 20.4 Å². The van der Waals surface area contributed by atoms with Crippen LogP contribution in [0.4, 0.5) is 0 Å². The molecule has 5 rings (SSSR count). The molecule has 7 nitrogen and oxygen atoms in total. The molecule has 4 aliphatic carbocycles. The molecule has 0 bridgehead atoms. The Hall–Kier alpha value is -3.63. The summed E-state index contributed by atoms with van der Waals surface area (Å²) in [7, 11) is 0. The molecule has 0 aliphatic heterocycles. The number of ketones is 3. The highest BCUT2D eigenvalue weighted by atomic mass is 16.3. The number of carbonyl (C=O) groups excluding carboxylic acids is 3. The zero-order valence-corrected chi connectivity index (χ0v) is 25.3. The van der Waals surface area contributed by atoms with E-state index in [0.29, 0.717) is 17.5 Å². The Morgan fingerprint density at radius 3 is 2.38 bits per heavy atom. The van der Waals surface area contributed by atoms with Crippen LogP contribution >= 0.6 is 0 Å². The summed E-state index contributed by atoms with van der Waals surface area (Å²) in [5, 5.41) is 46.8. The van der Waals surface area contributed by atoms with Crippen LogP contribution in [0.5, 0.6) is 5.75 Å². The lowest BCUT2D eigenvalue weighted by Crippen LogP contribution is -2.69. The van der Waals surface area contributed by atoms with Crippen molar-refractivity contribution in [2.45, 2.75) is 92.1 Å². The van der Waals surface area contributed by atoms with E-state index in [1.54, 1.807) is 20.8 Å². The minimum atomic E-state index is -2.62. The number of fused-ring (bicyclic) bond motifs is 3. The first-order chi connectivity index (χ1) is 19.6. The quantitative estimate of drug-likeness (QED) is 0.274. The van der Waals surface area contributed by atoms with Gasteiger partial charge in [-0.3, -0.25) is 14.4 Å². The summed E-state index contributed by atoms with van der Waals surface area (Å²) in [5.41, 5.74) is -2.82. The molecule has 0 amide bonds. The number of aliphatic hydroxyl groups is 3. The maximum atomic E-state index is 14.5. The van der Waals surface area contributed by atoms with Crippen molar-refractivity contribution in [3.8, 4) is 17.6 Å². The van der Waals surface area contributed by atoms with Gasteiger partial charge in [0, 0.05) is 22.3 Å². The third-order valence-corrected chi connectivity index (χ3v) is 10.1. The monoisotopic (exact) mass is 572 g/mol. The second-order valence-electron chi connectivity index (χ2n) is 13.3. The number of phenolic OH excluding ortho intramolecular Hbond substituents is 1. The minimum Gasteiger partial charge on any atom is -0.508 e. The number of hydrogen-bond donors (Lipinski definition) is 4. The molecule has 1 saturated carbocycles. The van der Waals surface area contributed by atoms with Crippen LogP contribution < -0.4 is 0 Å². The fourth-order valence-electron chi connectivity index (χ4n) is 8.37. The van der Waals surface area contributed by atoms with E-state index >= 15 is 0 Å². The summed E-state index contributed by atoms with van der Waals surface area (Å²) in [6, 6.07) is 1.84. The number of allylic oxidation sites excluding steroid dienone is 3. The van der Waals surface area contributed by atoms with Gasteiger partial charge in [0.25, 0.3) is 0 Å². The molecule has 0 saturated heterocycles. The second kappa shape index (κ2) is 9.98. The number of rotatable bonds is 3. The van der Waals surface area contributed by atoms with Gasteiger partial charge in [-0.1, -0.05) is 52.5 Å². The molecule has 42 heavy (non-hydrogen) atoms. The molecule has 1 fully saturated rings. The molecule has 4 aliphatic rings. The number of aliphatic hydroxyl groups excluding tert-OH is 2. The van der Waals surface area contributed by atoms with E-state index in [1.165, 1.54) is 0 Å². The third-order valence-electron chi connectivity index (χ3n) is 10.1. The topological polar surface area (TPSA) is 132 Å². The summed E-state index contributed by atoms with van der Waals surface area (Å²) < 4.78 is 0. The standard InChI is InChI=1S/C35H40O7/c1-7-21-15-22(14-13-20-11-9-8-10-12-20)28(37)25-23(21)16-33(5)17-34(6)26(18(2)3)29(38)24(19(4)36)31(40)35(34,42)32(41)27(33)30(25)39/h11,15,18,26,37,39-40,42H,7-10,12,16-17H2,1-6H3/t26?,33-,34-,35+/m1/s1. The Morgan fingerprint density at radius 1 is 1.12 bits per heavy atom. The predicted molar refractivity (Wildman–Crippen MR) is 159 cm³/mol. The smallest absolute Gasteiger partial charge is 0.203 e. The second-order valence-corrected chi connectivity index (χ2v) is 13.3. The van der Waals surface area contributed by atoms with E-state index < -0.39 is 56.8 Å². The van der Waals surface area contributed by atoms with Crippen molar-refractivity contribution < 1.29 is 34.8 Å². The molecule has 1 aromatic carbocycles. The van der Waals surface area contributed by atoms with E-state index in [1.807, 2.05) is 19.9 Å². The summed E-state index contributed by atoms with van der Waals surface area (Å²) in [5.74, 6) is 0.963. The first-order valence-corrected chi connectivity index (χ1v) is 14.9. The lowest BCUT2D eigenvalue weighted by molar-refractivity contribution is -0.178. The number of aryl methyl sites for hydroxylation is 1. The van der Waals surface area contributed by atoms with Crippen molar-refractivity contribution in [3.05, 3.63) is 56.9 Å². The number of benzene rings is 1. The molecule has 1 aromatic rings. The molecule has 222 valence electrons. The molecule has 0 radical (unpaired) electrons. The van der Waals surface area contributed by atoms with Gasteiger partial charge in [-0.05, 0) is 80.6 Å². The van der Waals surface area contributed by atoms with Gasteiger partial charge in [-0.15, -0.1) is 0 Å². The van der Waals surface area contributed by atoms with Crippen LogP contribution in [0.25, 0.3) is 5.76 Å². The molecule has 7 heteroatoms. The first kappa shape index (κ1) is 29.8. The average molecular weight is 573 g/mol. The lowest BCUT2D eigenvalue weighted by atomic mass is 9.43. The van der Waals surface area contributed by atoms with Crippen LogP contribution in [0.2, 0.25) is 0 Å². The summed E-state index contributed by atoms with van der Waals surface area (Å²) in [4.78, 5) is 40.7. The average Bonchev–Trinajstić information content (AvgIpc) is 2.90. The van der Waals surface area contributed by atoms with Gasteiger partial charge in [0.1, 0.15) is 22.8 Å². The van der Waals surface area contributed by atoms with Gasteiger partial charge in [0.2, 0.25) is 5.78 Å².